The van der Waals surface area contributed by atoms with Crippen LogP contribution in [0.15, 0.2) is 48.5 Å². The maximum Gasteiger partial charge on any atom is 0.335 e. The highest BCUT2D eigenvalue weighted by molar-refractivity contribution is 5.84. The number of aliphatic carboxylic acids is 1. The summed E-state index contributed by atoms with van der Waals surface area (Å²) in [6.07, 6.45) is 0.338. The summed E-state index contributed by atoms with van der Waals surface area (Å²) in [5.41, 5.74) is 3.45. The Balaban J connectivity index is 1.80. The van der Waals surface area contributed by atoms with E-state index in [2.05, 4.69) is 24.2 Å². The van der Waals surface area contributed by atoms with Gasteiger partial charge in [-0.2, -0.15) is 5.10 Å². The van der Waals surface area contributed by atoms with E-state index in [4.69, 9.17) is 14.6 Å². The lowest BCUT2D eigenvalue weighted by atomic mass is 10.0. The van der Waals surface area contributed by atoms with Crippen LogP contribution in [0.25, 0.3) is 28.0 Å². The average molecular weight is 478 g/mol. The molecule has 0 aliphatic carbocycles. The Labute approximate surface area is 204 Å². The van der Waals surface area contributed by atoms with Gasteiger partial charge in [-0.05, 0) is 49.6 Å². The molecule has 2 heterocycles. The lowest BCUT2D eigenvalue weighted by Crippen LogP contribution is -2.37. The zero-order valence-electron chi connectivity index (χ0n) is 20.7. The van der Waals surface area contributed by atoms with Crippen LogP contribution in [0.3, 0.4) is 0 Å². The topological polar surface area (TPSA) is 104 Å². The number of ether oxygens (including phenoxy) is 2. The number of fused-ring (bicyclic) bond motifs is 1. The molecule has 9 nitrogen and oxygen atoms in total. The smallest absolute Gasteiger partial charge is 0.335 e. The molecule has 184 valence electrons. The standard InChI is InChI=1S/C26H31N5O4/c1-6-26(4,25(32)33)35-16-19-14-23(18-9-7-10-20(13-18)34-15-17(2)3)31(28-19)22-12-8-11-21-24(22)30(5)29-27-21/h7-14,17H,6,15-16H2,1-5H3,(H,32,33). The SMILES string of the molecule is CCC(C)(OCc1cc(-c2cccc(OCC(C)C)c2)n(-c2cccc3nnn(C)c23)n1)C(=O)O. The zero-order chi connectivity index (χ0) is 25.2. The van der Waals surface area contributed by atoms with Crippen molar-refractivity contribution in [3.63, 3.8) is 0 Å². The number of hydrogen-bond acceptors (Lipinski definition) is 6. The second kappa shape index (κ2) is 9.87. The van der Waals surface area contributed by atoms with Crippen LogP contribution in [0.5, 0.6) is 5.75 Å². The van der Waals surface area contributed by atoms with Crippen LogP contribution in [-0.2, 0) is 23.2 Å². The minimum atomic E-state index is -1.29. The second-order valence-corrected chi connectivity index (χ2v) is 9.20. The first-order valence-electron chi connectivity index (χ1n) is 11.7. The minimum Gasteiger partial charge on any atom is -0.493 e. The molecular formula is C26H31N5O4. The summed E-state index contributed by atoms with van der Waals surface area (Å²) < 4.78 is 15.3. The first kappa shape index (κ1) is 24.4. The van der Waals surface area contributed by atoms with Gasteiger partial charge in [-0.3, -0.25) is 0 Å². The van der Waals surface area contributed by atoms with Crippen molar-refractivity contribution < 1.29 is 19.4 Å². The van der Waals surface area contributed by atoms with E-state index < -0.39 is 11.6 Å². The van der Waals surface area contributed by atoms with Gasteiger partial charge in [0.15, 0.2) is 5.60 Å². The lowest BCUT2D eigenvalue weighted by molar-refractivity contribution is -0.165. The van der Waals surface area contributed by atoms with E-state index in [-0.39, 0.29) is 6.61 Å². The number of para-hydroxylation sites is 1. The number of hydrogen-bond donors (Lipinski definition) is 1. The van der Waals surface area contributed by atoms with Gasteiger partial charge in [0.1, 0.15) is 16.8 Å². The van der Waals surface area contributed by atoms with Gasteiger partial charge in [-0.1, -0.05) is 44.2 Å². The highest BCUT2D eigenvalue weighted by Crippen LogP contribution is 2.30. The van der Waals surface area contributed by atoms with Gasteiger partial charge in [0.25, 0.3) is 0 Å². The third-order valence-electron chi connectivity index (χ3n) is 5.97. The van der Waals surface area contributed by atoms with Gasteiger partial charge in [0.2, 0.25) is 0 Å². The van der Waals surface area contributed by atoms with E-state index in [1.54, 1.807) is 18.5 Å². The van der Waals surface area contributed by atoms with Crippen LogP contribution in [0, 0.1) is 5.92 Å². The summed E-state index contributed by atoms with van der Waals surface area (Å²) in [7, 11) is 1.84. The maximum absolute atomic E-state index is 11.7. The van der Waals surface area contributed by atoms with Crippen molar-refractivity contribution in [2.45, 2.75) is 46.3 Å². The van der Waals surface area contributed by atoms with E-state index >= 15 is 0 Å². The monoisotopic (exact) mass is 477 g/mol. The average Bonchev–Trinajstić information content (AvgIpc) is 3.45. The summed E-state index contributed by atoms with van der Waals surface area (Å²) in [4.78, 5) is 11.7. The van der Waals surface area contributed by atoms with Gasteiger partial charge in [0.05, 0.1) is 30.3 Å². The fourth-order valence-electron chi connectivity index (χ4n) is 3.71. The molecule has 0 fully saturated rings. The van der Waals surface area contributed by atoms with Gasteiger partial charge in [-0.15, -0.1) is 5.10 Å². The normalized spacial score (nSPS) is 13.3. The van der Waals surface area contributed by atoms with Gasteiger partial charge < -0.3 is 14.6 Å². The zero-order valence-corrected chi connectivity index (χ0v) is 20.7. The molecule has 35 heavy (non-hydrogen) atoms. The molecule has 0 aliphatic heterocycles. The van der Waals surface area contributed by atoms with Gasteiger partial charge in [0, 0.05) is 12.6 Å². The molecule has 4 aromatic rings. The quantitative estimate of drug-likeness (QED) is 0.355. The summed E-state index contributed by atoms with van der Waals surface area (Å²) >= 11 is 0. The third-order valence-corrected chi connectivity index (χ3v) is 5.97. The second-order valence-electron chi connectivity index (χ2n) is 9.20. The van der Waals surface area contributed by atoms with Crippen LogP contribution in [0.4, 0.5) is 0 Å². The van der Waals surface area contributed by atoms with Crippen molar-refractivity contribution in [1.82, 2.24) is 24.8 Å². The first-order chi connectivity index (χ1) is 16.7. The van der Waals surface area contributed by atoms with E-state index in [0.717, 1.165) is 33.7 Å². The van der Waals surface area contributed by atoms with Crippen molar-refractivity contribution in [3.8, 4) is 22.7 Å². The summed E-state index contributed by atoms with van der Waals surface area (Å²) in [5, 5.41) is 22.8. The Morgan fingerprint density at radius 1 is 1.17 bits per heavy atom. The molecule has 1 atom stereocenters. The molecule has 1 N–H and O–H groups in total. The Morgan fingerprint density at radius 2 is 1.94 bits per heavy atom. The van der Waals surface area contributed by atoms with Crippen LogP contribution in [0.2, 0.25) is 0 Å². The molecule has 1 unspecified atom stereocenters. The molecule has 0 amide bonds. The predicted molar refractivity (Wildman–Crippen MR) is 133 cm³/mol. The van der Waals surface area contributed by atoms with Gasteiger partial charge in [-0.25, -0.2) is 14.2 Å². The molecular weight excluding hydrogens is 446 g/mol. The summed E-state index contributed by atoms with van der Waals surface area (Å²) in [6, 6.07) is 15.5. The number of rotatable bonds is 10. The number of benzene rings is 2. The summed E-state index contributed by atoms with van der Waals surface area (Å²) in [5.74, 6) is 0.178. The molecule has 2 aromatic heterocycles. The molecule has 0 spiro atoms. The molecule has 0 aliphatic rings. The third kappa shape index (κ3) is 5.05. The van der Waals surface area contributed by atoms with E-state index in [0.29, 0.717) is 24.6 Å². The largest absolute Gasteiger partial charge is 0.493 e. The Morgan fingerprint density at radius 3 is 2.66 bits per heavy atom. The molecule has 0 saturated carbocycles. The van der Waals surface area contributed by atoms with Crippen molar-refractivity contribution in [2.75, 3.05) is 6.61 Å². The summed E-state index contributed by atoms with van der Waals surface area (Å²) in [6.45, 7) is 8.25. The fraction of sp³-hybridized carbons (Fsp3) is 0.385. The Bertz CT molecular complexity index is 1340. The van der Waals surface area contributed by atoms with Crippen molar-refractivity contribution in [1.29, 1.82) is 0 Å². The first-order valence-corrected chi connectivity index (χ1v) is 11.7. The van der Waals surface area contributed by atoms with Crippen LogP contribution in [-0.4, -0.2) is 48.1 Å². The Kier molecular flexibility index (Phi) is 6.88. The minimum absolute atomic E-state index is 0.0554. The molecule has 0 bridgehead atoms. The Hall–Kier alpha value is -3.72. The fourth-order valence-corrected chi connectivity index (χ4v) is 3.71. The lowest BCUT2D eigenvalue weighted by Gasteiger charge is -2.22. The number of carboxylic acid groups (broad SMARTS) is 1. The molecule has 0 saturated heterocycles. The van der Waals surface area contributed by atoms with E-state index in [9.17, 15) is 9.90 Å². The molecule has 4 rings (SSSR count). The number of aromatic nitrogens is 5. The van der Waals surface area contributed by atoms with E-state index in [1.807, 2.05) is 60.3 Å². The van der Waals surface area contributed by atoms with Crippen molar-refractivity contribution in [2.24, 2.45) is 13.0 Å². The van der Waals surface area contributed by atoms with Crippen molar-refractivity contribution in [3.05, 3.63) is 54.2 Å². The van der Waals surface area contributed by atoms with Crippen LogP contribution in [0.1, 0.15) is 39.8 Å². The maximum atomic E-state index is 11.7. The highest BCUT2D eigenvalue weighted by atomic mass is 16.5. The highest BCUT2D eigenvalue weighted by Gasteiger charge is 2.32. The predicted octanol–water partition coefficient (Wildman–Crippen LogP) is 4.63. The number of carbonyl (C=O) groups is 1. The van der Waals surface area contributed by atoms with Crippen molar-refractivity contribution >= 4 is 17.0 Å². The number of nitrogens with zero attached hydrogens (tertiary/aromatic N) is 5. The molecule has 0 radical (unpaired) electrons. The van der Waals surface area contributed by atoms with Crippen LogP contribution >= 0.6 is 0 Å². The number of aryl methyl sites for hydroxylation is 1. The van der Waals surface area contributed by atoms with Gasteiger partial charge >= 0.3 is 5.97 Å². The molecule has 2 aromatic carbocycles. The van der Waals surface area contributed by atoms with E-state index in [1.165, 1.54) is 0 Å². The number of carboxylic acids is 1. The van der Waals surface area contributed by atoms with Crippen LogP contribution < -0.4 is 4.74 Å². The molecule has 9 heteroatoms.